The van der Waals surface area contributed by atoms with Crippen molar-refractivity contribution in [3.8, 4) is 6.07 Å². The monoisotopic (exact) mass is 298 g/mol. The molecule has 1 atom stereocenters. The van der Waals surface area contributed by atoms with Crippen LogP contribution in [-0.2, 0) is 9.53 Å². The number of ether oxygens (including phenoxy) is 1. The van der Waals surface area contributed by atoms with Crippen LogP contribution in [0.3, 0.4) is 0 Å². The van der Waals surface area contributed by atoms with Crippen LogP contribution in [0.1, 0.15) is 30.7 Å². The van der Waals surface area contributed by atoms with Crippen molar-refractivity contribution < 1.29 is 9.53 Å². The average molecular weight is 299 g/mol. The number of halogens is 1. The van der Waals surface area contributed by atoms with E-state index in [0.29, 0.717) is 30.4 Å². The number of hydrogen-bond donors (Lipinski definition) is 1. The summed E-state index contributed by atoms with van der Waals surface area (Å²) < 4.78 is 5.92. The second kappa shape index (κ2) is 5.91. The van der Waals surface area contributed by atoms with E-state index in [-0.39, 0.29) is 11.9 Å². The molecule has 1 aliphatic heterocycles. The van der Waals surface area contributed by atoms with E-state index in [1.165, 1.54) is 11.3 Å². The molecule has 1 saturated heterocycles. The molecule has 1 aromatic heterocycles. The number of nitrogens with zero attached hydrogens (tertiary/aromatic N) is 1. The first-order chi connectivity index (χ1) is 9.07. The number of carbonyl (C=O) groups excluding carboxylic acids is 1. The van der Waals surface area contributed by atoms with Gasteiger partial charge < -0.3 is 10.1 Å². The van der Waals surface area contributed by atoms with Gasteiger partial charge in [0, 0.05) is 18.1 Å². The largest absolute Gasteiger partial charge is 0.381 e. The second-order valence-corrected chi connectivity index (χ2v) is 6.39. The van der Waals surface area contributed by atoms with E-state index in [2.05, 4.69) is 11.4 Å². The van der Waals surface area contributed by atoms with Gasteiger partial charge in [-0.2, -0.15) is 5.26 Å². The van der Waals surface area contributed by atoms with Crippen molar-refractivity contribution in [1.29, 1.82) is 5.26 Å². The smallest absolute Gasteiger partial charge is 0.241 e. The van der Waals surface area contributed by atoms with E-state index in [4.69, 9.17) is 16.3 Å². The van der Waals surface area contributed by atoms with Gasteiger partial charge in [-0.15, -0.1) is 11.3 Å². The van der Waals surface area contributed by atoms with Gasteiger partial charge in [-0.05, 0) is 31.9 Å². The van der Waals surface area contributed by atoms with Crippen molar-refractivity contribution in [1.82, 2.24) is 5.32 Å². The molecule has 1 aliphatic rings. The first kappa shape index (κ1) is 14.3. The van der Waals surface area contributed by atoms with Crippen molar-refractivity contribution >= 4 is 28.8 Å². The van der Waals surface area contributed by atoms with E-state index in [1.54, 1.807) is 6.07 Å². The Morgan fingerprint density at radius 3 is 2.79 bits per heavy atom. The predicted molar refractivity (Wildman–Crippen MR) is 74.0 cm³/mol. The highest BCUT2D eigenvalue weighted by Gasteiger charge is 2.41. The van der Waals surface area contributed by atoms with E-state index >= 15 is 0 Å². The molecule has 1 unspecified atom stereocenters. The van der Waals surface area contributed by atoms with Crippen molar-refractivity contribution in [2.24, 2.45) is 5.41 Å². The Morgan fingerprint density at radius 1 is 1.58 bits per heavy atom. The predicted octanol–water partition coefficient (Wildman–Crippen LogP) is 2.90. The first-order valence-corrected chi connectivity index (χ1v) is 7.32. The van der Waals surface area contributed by atoms with Crippen molar-refractivity contribution in [2.75, 3.05) is 13.2 Å². The Labute approximate surface area is 121 Å². The summed E-state index contributed by atoms with van der Waals surface area (Å²) in [6.45, 7) is 2.81. The van der Waals surface area contributed by atoms with Gasteiger partial charge in [-0.1, -0.05) is 11.6 Å². The van der Waals surface area contributed by atoms with E-state index in [1.807, 2.05) is 13.0 Å². The van der Waals surface area contributed by atoms with Gasteiger partial charge in [-0.3, -0.25) is 4.79 Å². The summed E-state index contributed by atoms with van der Waals surface area (Å²) in [6, 6.07) is 5.72. The van der Waals surface area contributed by atoms with Crippen LogP contribution in [0.15, 0.2) is 12.1 Å². The number of rotatable bonds is 3. The van der Waals surface area contributed by atoms with Gasteiger partial charge in [0.05, 0.1) is 16.4 Å². The third kappa shape index (κ3) is 3.08. The molecular formula is C13H15ClN2O2S. The van der Waals surface area contributed by atoms with Gasteiger partial charge in [0.1, 0.15) is 5.41 Å². The van der Waals surface area contributed by atoms with Gasteiger partial charge in [0.25, 0.3) is 0 Å². The summed E-state index contributed by atoms with van der Waals surface area (Å²) >= 11 is 7.32. The van der Waals surface area contributed by atoms with Crippen molar-refractivity contribution in [3.05, 3.63) is 21.3 Å². The van der Waals surface area contributed by atoms with Crippen LogP contribution in [0.25, 0.3) is 0 Å². The third-order valence-corrected chi connectivity index (χ3v) is 4.78. The number of thiophene rings is 1. The van der Waals surface area contributed by atoms with Crippen LogP contribution >= 0.6 is 22.9 Å². The zero-order valence-electron chi connectivity index (χ0n) is 10.6. The molecule has 2 heterocycles. The van der Waals surface area contributed by atoms with Crippen LogP contribution in [0, 0.1) is 16.7 Å². The molecule has 102 valence electrons. The minimum Gasteiger partial charge on any atom is -0.381 e. The van der Waals surface area contributed by atoms with Crippen LogP contribution in [-0.4, -0.2) is 19.1 Å². The number of nitrogens with one attached hydrogen (secondary N) is 1. The van der Waals surface area contributed by atoms with Crippen LogP contribution in [0.2, 0.25) is 4.34 Å². The number of hydrogen-bond acceptors (Lipinski definition) is 4. The van der Waals surface area contributed by atoms with Crippen molar-refractivity contribution in [2.45, 2.75) is 25.8 Å². The summed E-state index contributed by atoms with van der Waals surface area (Å²) in [5.41, 5.74) is -0.951. The van der Waals surface area contributed by atoms with Crippen LogP contribution in [0.5, 0.6) is 0 Å². The lowest BCUT2D eigenvalue weighted by Crippen LogP contribution is -2.44. The standard InChI is InChI=1S/C13H15ClN2O2S/c1-9(10-2-3-11(14)19-10)16-12(17)13(8-15)4-6-18-7-5-13/h2-3,9H,4-7H2,1H3,(H,16,17). The maximum Gasteiger partial charge on any atom is 0.241 e. The molecule has 4 nitrogen and oxygen atoms in total. The highest BCUT2D eigenvalue weighted by atomic mass is 35.5. The second-order valence-electron chi connectivity index (χ2n) is 4.64. The maximum absolute atomic E-state index is 12.3. The summed E-state index contributed by atoms with van der Waals surface area (Å²) in [5, 5.41) is 12.2. The first-order valence-electron chi connectivity index (χ1n) is 6.12. The highest BCUT2D eigenvalue weighted by Crippen LogP contribution is 2.32. The van der Waals surface area contributed by atoms with Gasteiger partial charge in [0.2, 0.25) is 5.91 Å². The summed E-state index contributed by atoms with van der Waals surface area (Å²) in [7, 11) is 0. The molecule has 19 heavy (non-hydrogen) atoms. The molecule has 0 radical (unpaired) electrons. The lowest BCUT2D eigenvalue weighted by molar-refractivity contribution is -0.133. The lowest BCUT2D eigenvalue weighted by atomic mass is 9.80. The van der Waals surface area contributed by atoms with Gasteiger partial charge in [0.15, 0.2) is 0 Å². The fourth-order valence-electron chi connectivity index (χ4n) is 2.08. The number of amides is 1. The quantitative estimate of drug-likeness (QED) is 0.933. The molecule has 1 amide bonds. The summed E-state index contributed by atoms with van der Waals surface area (Å²) in [6.07, 6.45) is 0.903. The fraction of sp³-hybridized carbons (Fsp3) is 0.538. The number of carbonyl (C=O) groups is 1. The Hall–Kier alpha value is -1.09. The molecule has 0 spiro atoms. The Balaban J connectivity index is 2.05. The zero-order valence-corrected chi connectivity index (χ0v) is 12.2. The SMILES string of the molecule is CC(NC(=O)C1(C#N)CCOCC1)c1ccc(Cl)s1. The van der Waals surface area contributed by atoms with E-state index < -0.39 is 5.41 Å². The third-order valence-electron chi connectivity index (χ3n) is 3.36. The minimum absolute atomic E-state index is 0.141. The topological polar surface area (TPSA) is 62.1 Å². The van der Waals surface area contributed by atoms with Gasteiger partial charge >= 0.3 is 0 Å². The molecule has 0 bridgehead atoms. The van der Waals surface area contributed by atoms with Crippen LogP contribution < -0.4 is 5.32 Å². The molecule has 0 aliphatic carbocycles. The average Bonchev–Trinajstić information content (AvgIpc) is 2.86. The molecule has 6 heteroatoms. The molecule has 0 aromatic carbocycles. The zero-order chi connectivity index (χ0) is 13.9. The Bertz CT molecular complexity index is 503. The van der Waals surface area contributed by atoms with Crippen LogP contribution in [0.4, 0.5) is 0 Å². The molecule has 1 fully saturated rings. The van der Waals surface area contributed by atoms with E-state index in [9.17, 15) is 10.1 Å². The molecule has 0 saturated carbocycles. The number of nitriles is 1. The molecular weight excluding hydrogens is 284 g/mol. The fourth-order valence-corrected chi connectivity index (χ4v) is 3.14. The highest BCUT2D eigenvalue weighted by molar-refractivity contribution is 7.16. The molecule has 1 aromatic rings. The van der Waals surface area contributed by atoms with Gasteiger partial charge in [-0.25, -0.2) is 0 Å². The summed E-state index contributed by atoms with van der Waals surface area (Å²) in [5.74, 6) is -0.213. The molecule has 1 N–H and O–H groups in total. The maximum atomic E-state index is 12.3. The van der Waals surface area contributed by atoms with Crippen molar-refractivity contribution in [3.63, 3.8) is 0 Å². The normalized spacial score (nSPS) is 19.4. The lowest BCUT2D eigenvalue weighted by Gasteiger charge is -2.30. The Morgan fingerprint density at radius 2 is 2.26 bits per heavy atom. The van der Waals surface area contributed by atoms with E-state index in [0.717, 1.165) is 4.88 Å². The minimum atomic E-state index is -0.951. The molecule has 2 rings (SSSR count). The Kier molecular flexibility index (Phi) is 4.46. The summed E-state index contributed by atoms with van der Waals surface area (Å²) in [4.78, 5) is 13.3.